The summed E-state index contributed by atoms with van der Waals surface area (Å²) in [4.78, 5) is 19.4. The first-order chi connectivity index (χ1) is 5.88. The number of nitrogens with zero attached hydrogens (tertiary/aromatic N) is 2. The average molecular weight is 166 g/mol. The van der Waals surface area contributed by atoms with E-state index < -0.39 is 0 Å². The first-order valence-corrected chi connectivity index (χ1v) is 3.67. The van der Waals surface area contributed by atoms with Gasteiger partial charge in [-0.15, -0.1) is 0 Å². The molecule has 0 aliphatic rings. The van der Waals surface area contributed by atoms with E-state index in [1.165, 1.54) is 0 Å². The van der Waals surface area contributed by atoms with Crippen LogP contribution in [0.1, 0.15) is 6.92 Å². The Labute approximate surface area is 70.7 Å². The standard InChI is InChI=1S/C8H10N2O2/c1-2-12-10(7-11)8-5-3-4-6-9-8/h3-7H,2H2,1H3. The van der Waals surface area contributed by atoms with Gasteiger partial charge < -0.3 is 0 Å². The predicted molar refractivity (Wildman–Crippen MR) is 44.4 cm³/mol. The maximum Gasteiger partial charge on any atom is 0.239 e. The highest BCUT2D eigenvalue weighted by Gasteiger charge is 2.03. The molecule has 12 heavy (non-hydrogen) atoms. The molecule has 0 fully saturated rings. The number of rotatable bonds is 4. The van der Waals surface area contributed by atoms with Crippen molar-refractivity contribution in [3.05, 3.63) is 24.4 Å². The molecule has 0 aromatic carbocycles. The van der Waals surface area contributed by atoms with E-state index in [4.69, 9.17) is 4.84 Å². The lowest BCUT2D eigenvalue weighted by Gasteiger charge is -2.13. The summed E-state index contributed by atoms with van der Waals surface area (Å²) in [5, 5.41) is 1.10. The van der Waals surface area contributed by atoms with Crippen molar-refractivity contribution in [2.24, 2.45) is 0 Å². The molecule has 4 heteroatoms. The number of aromatic nitrogens is 1. The van der Waals surface area contributed by atoms with Crippen LogP contribution in [-0.4, -0.2) is 18.0 Å². The topological polar surface area (TPSA) is 42.4 Å². The van der Waals surface area contributed by atoms with Crippen molar-refractivity contribution >= 4 is 12.2 Å². The van der Waals surface area contributed by atoms with Gasteiger partial charge >= 0.3 is 0 Å². The summed E-state index contributed by atoms with van der Waals surface area (Å²) in [6.45, 7) is 2.24. The molecule has 1 rings (SSSR count). The monoisotopic (exact) mass is 166 g/mol. The molecule has 1 aromatic rings. The van der Waals surface area contributed by atoms with Crippen LogP contribution in [0.5, 0.6) is 0 Å². The smallest absolute Gasteiger partial charge is 0.239 e. The Morgan fingerprint density at radius 1 is 1.67 bits per heavy atom. The van der Waals surface area contributed by atoms with Crippen molar-refractivity contribution in [2.75, 3.05) is 11.7 Å². The number of hydrogen-bond donors (Lipinski definition) is 0. The number of pyridine rings is 1. The molecule has 0 N–H and O–H groups in total. The van der Waals surface area contributed by atoms with Crippen molar-refractivity contribution in [1.29, 1.82) is 0 Å². The fourth-order valence-electron chi connectivity index (χ4n) is 0.774. The summed E-state index contributed by atoms with van der Waals surface area (Å²) in [5.41, 5.74) is 0. The van der Waals surface area contributed by atoms with Gasteiger partial charge in [-0.1, -0.05) is 6.07 Å². The van der Waals surface area contributed by atoms with Crippen LogP contribution in [0.25, 0.3) is 0 Å². The van der Waals surface area contributed by atoms with Gasteiger partial charge in [0.2, 0.25) is 6.41 Å². The van der Waals surface area contributed by atoms with E-state index in [1.54, 1.807) is 31.3 Å². The molecule has 4 nitrogen and oxygen atoms in total. The molecule has 0 saturated carbocycles. The summed E-state index contributed by atoms with van der Waals surface area (Å²) in [6.07, 6.45) is 2.19. The van der Waals surface area contributed by atoms with Gasteiger partial charge in [-0.25, -0.2) is 4.98 Å². The van der Waals surface area contributed by atoms with Crippen molar-refractivity contribution in [1.82, 2.24) is 4.98 Å². The van der Waals surface area contributed by atoms with Crippen LogP contribution >= 0.6 is 0 Å². The maximum atomic E-state index is 10.5. The molecule has 1 amide bonds. The fraction of sp³-hybridized carbons (Fsp3) is 0.250. The third-order valence-corrected chi connectivity index (χ3v) is 1.24. The third-order valence-electron chi connectivity index (χ3n) is 1.24. The summed E-state index contributed by atoms with van der Waals surface area (Å²) >= 11 is 0. The van der Waals surface area contributed by atoms with Crippen molar-refractivity contribution in [3.8, 4) is 0 Å². The summed E-state index contributed by atoms with van der Waals surface area (Å²) in [6, 6.07) is 5.26. The number of carbonyl (C=O) groups is 1. The molecule has 1 heterocycles. The lowest BCUT2D eigenvalue weighted by atomic mass is 10.5. The lowest BCUT2D eigenvalue weighted by molar-refractivity contribution is -0.113. The number of anilines is 1. The molecule has 0 spiro atoms. The Morgan fingerprint density at radius 3 is 3.00 bits per heavy atom. The molecule has 1 aromatic heterocycles. The molecule has 64 valence electrons. The second-order valence-electron chi connectivity index (χ2n) is 2.04. The summed E-state index contributed by atoms with van der Waals surface area (Å²) in [5.74, 6) is 0.495. The molecule has 0 aliphatic carbocycles. The quantitative estimate of drug-likeness (QED) is 0.495. The van der Waals surface area contributed by atoms with Crippen molar-refractivity contribution in [3.63, 3.8) is 0 Å². The zero-order chi connectivity index (χ0) is 8.81. The number of hydrogen-bond acceptors (Lipinski definition) is 3. The van der Waals surface area contributed by atoms with Gasteiger partial charge in [-0.3, -0.25) is 9.63 Å². The maximum absolute atomic E-state index is 10.5. The van der Waals surface area contributed by atoms with Crippen LogP contribution in [0.4, 0.5) is 5.82 Å². The highest BCUT2D eigenvalue weighted by atomic mass is 16.7. The number of amides is 1. The van der Waals surface area contributed by atoms with Gasteiger partial charge in [-0.2, -0.15) is 5.06 Å². The highest BCUT2D eigenvalue weighted by molar-refractivity contribution is 5.69. The second-order valence-corrected chi connectivity index (χ2v) is 2.04. The first kappa shape index (κ1) is 8.67. The van der Waals surface area contributed by atoms with Crippen molar-refractivity contribution < 1.29 is 9.63 Å². The number of hydroxylamine groups is 1. The van der Waals surface area contributed by atoms with Gasteiger partial charge in [0.25, 0.3) is 0 Å². The van der Waals surface area contributed by atoms with Gasteiger partial charge in [-0.05, 0) is 19.1 Å². The van der Waals surface area contributed by atoms with Crippen LogP contribution in [-0.2, 0) is 9.63 Å². The molecular formula is C8H10N2O2. The van der Waals surface area contributed by atoms with E-state index in [9.17, 15) is 4.79 Å². The third kappa shape index (κ3) is 2.03. The summed E-state index contributed by atoms with van der Waals surface area (Å²) in [7, 11) is 0. The van der Waals surface area contributed by atoms with Crippen LogP contribution in [0.3, 0.4) is 0 Å². The SMILES string of the molecule is CCON(C=O)c1ccccn1. The summed E-state index contributed by atoms with van der Waals surface area (Å²) < 4.78 is 0. The van der Waals surface area contributed by atoms with Crippen LogP contribution < -0.4 is 5.06 Å². The molecular weight excluding hydrogens is 156 g/mol. The van der Waals surface area contributed by atoms with Gasteiger partial charge in [0.15, 0.2) is 5.82 Å². The Balaban J connectivity index is 2.73. The van der Waals surface area contributed by atoms with Gasteiger partial charge in [0, 0.05) is 6.20 Å². The first-order valence-electron chi connectivity index (χ1n) is 3.67. The normalized spacial score (nSPS) is 9.42. The van der Waals surface area contributed by atoms with E-state index in [-0.39, 0.29) is 0 Å². The fourth-order valence-corrected chi connectivity index (χ4v) is 0.774. The minimum atomic E-state index is 0.440. The Hall–Kier alpha value is -1.42. The molecule has 0 saturated heterocycles. The predicted octanol–water partition coefficient (Wildman–Crippen LogP) is 0.996. The second kappa shape index (κ2) is 4.46. The molecule has 0 aliphatic heterocycles. The van der Waals surface area contributed by atoms with Crippen molar-refractivity contribution in [2.45, 2.75) is 6.92 Å². The Bertz CT molecular complexity index is 238. The van der Waals surface area contributed by atoms with Gasteiger partial charge in [0.1, 0.15) is 0 Å². The largest absolute Gasteiger partial charge is 0.276 e. The zero-order valence-electron chi connectivity index (χ0n) is 6.80. The van der Waals surface area contributed by atoms with Crippen LogP contribution in [0, 0.1) is 0 Å². The zero-order valence-corrected chi connectivity index (χ0v) is 6.80. The van der Waals surface area contributed by atoms with Crippen LogP contribution in [0.2, 0.25) is 0 Å². The van der Waals surface area contributed by atoms with Gasteiger partial charge in [0.05, 0.1) is 6.61 Å². The minimum Gasteiger partial charge on any atom is -0.276 e. The molecule has 0 atom stereocenters. The van der Waals surface area contributed by atoms with Crippen LogP contribution in [0.15, 0.2) is 24.4 Å². The Kier molecular flexibility index (Phi) is 3.22. The molecule has 0 bridgehead atoms. The van der Waals surface area contributed by atoms with E-state index in [0.717, 1.165) is 5.06 Å². The minimum absolute atomic E-state index is 0.440. The van der Waals surface area contributed by atoms with E-state index in [0.29, 0.717) is 18.8 Å². The number of carbonyl (C=O) groups excluding carboxylic acids is 1. The highest BCUT2D eigenvalue weighted by Crippen LogP contribution is 2.06. The van der Waals surface area contributed by atoms with E-state index in [1.807, 2.05) is 0 Å². The molecule has 0 unspecified atom stereocenters. The van der Waals surface area contributed by atoms with E-state index in [2.05, 4.69) is 4.98 Å². The average Bonchev–Trinajstić information content (AvgIpc) is 2.15. The van der Waals surface area contributed by atoms with E-state index >= 15 is 0 Å². The lowest BCUT2D eigenvalue weighted by Crippen LogP contribution is -2.22. The molecule has 0 radical (unpaired) electrons. The Morgan fingerprint density at radius 2 is 2.50 bits per heavy atom.